The summed E-state index contributed by atoms with van der Waals surface area (Å²) in [6, 6.07) is 17.2. The number of ether oxygens (including phenoxy) is 1. The van der Waals surface area contributed by atoms with Gasteiger partial charge < -0.3 is 4.74 Å². The quantitative estimate of drug-likeness (QED) is 0.281. The Kier molecular flexibility index (Phi) is 6.16. The van der Waals surface area contributed by atoms with Crippen LogP contribution in [0.15, 0.2) is 66.0 Å². The van der Waals surface area contributed by atoms with E-state index in [0.29, 0.717) is 27.7 Å². The average Bonchev–Trinajstić information content (AvgIpc) is 3.20. The number of anilines is 2. The third kappa shape index (κ3) is 4.71. The lowest BCUT2D eigenvalue weighted by atomic mass is 9.78. The Balaban J connectivity index is 1.88. The molecule has 1 aromatic heterocycles. The zero-order valence-electron chi connectivity index (χ0n) is 18.6. The van der Waals surface area contributed by atoms with Gasteiger partial charge in [-0.25, -0.2) is 17.1 Å². The molecule has 172 valence electrons. The summed E-state index contributed by atoms with van der Waals surface area (Å²) in [7, 11) is -2.20. The van der Waals surface area contributed by atoms with E-state index in [2.05, 4.69) is 0 Å². The fourth-order valence-corrected chi connectivity index (χ4v) is 5.86. The number of nitrogens with zero attached hydrogens (tertiary/aromatic N) is 1. The van der Waals surface area contributed by atoms with Crippen LogP contribution in [0.4, 0.5) is 15.8 Å². The van der Waals surface area contributed by atoms with Crippen LogP contribution in [0.1, 0.15) is 25.0 Å². The Morgan fingerprint density at radius 1 is 0.970 bits per heavy atom. The second kappa shape index (κ2) is 8.63. The lowest BCUT2D eigenvalue weighted by Gasteiger charge is -2.29. The maximum atomic E-state index is 14.2. The Labute approximate surface area is 202 Å². The molecule has 4 aromatic rings. The molecule has 3 aromatic carbocycles. The molecule has 0 N–H and O–H groups in total. The number of benzene rings is 3. The van der Waals surface area contributed by atoms with Gasteiger partial charge in [0.25, 0.3) is 0 Å². The van der Waals surface area contributed by atoms with Crippen LogP contribution in [0.25, 0.3) is 10.1 Å². The number of rotatable bonds is 6. The number of sulfonamides is 1. The van der Waals surface area contributed by atoms with Gasteiger partial charge in [0.15, 0.2) is 0 Å². The molecular formula is C25H23ClFNO3S2. The monoisotopic (exact) mass is 503 g/mol. The molecule has 0 aliphatic rings. The summed E-state index contributed by atoms with van der Waals surface area (Å²) >= 11 is 8.07. The minimum absolute atomic E-state index is 0.379. The summed E-state index contributed by atoms with van der Waals surface area (Å²) in [6.07, 6.45) is 1.16. The number of halogens is 2. The predicted octanol–water partition coefficient (Wildman–Crippen LogP) is 7.13. The van der Waals surface area contributed by atoms with Gasteiger partial charge in [-0.1, -0.05) is 25.4 Å². The highest BCUT2D eigenvalue weighted by Crippen LogP contribution is 2.40. The summed E-state index contributed by atoms with van der Waals surface area (Å²) in [6.45, 7) is 3.86. The van der Waals surface area contributed by atoms with Crippen molar-refractivity contribution in [2.24, 2.45) is 0 Å². The molecule has 0 unspecified atom stereocenters. The molecule has 8 heteroatoms. The largest absolute Gasteiger partial charge is 0.497 e. The van der Waals surface area contributed by atoms with Gasteiger partial charge >= 0.3 is 0 Å². The van der Waals surface area contributed by atoms with Crippen LogP contribution < -0.4 is 9.04 Å². The third-order valence-electron chi connectivity index (χ3n) is 5.67. The molecule has 4 nitrogen and oxygen atoms in total. The first-order valence-corrected chi connectivity index (χ1v) is 13.2. The molecule has 0 fully saturated rings. The van der Waals surface area contributed by atoms with Crippen molar-refractivity contribution in [2.75, 3.05) is 17.7 Å². The molecule has 0 spiro atoms. The van der Waals surface area contributed by atoms with Crippen LogP contribution in [0, 0.1) is 5.82 Å². The Morgan fingerprint density at radius 3 is 2.39 bits per heavy atom. The number of hydrogen-bond donors (Lipinski definition) is 0. The highest BCUT2D eigenvalue weighted by molar-refractivity contribution is 7.92. The number of methoxy groups -OCH3 is 1. The Hall–Kier alpha value is -2.61. The van der Waals surface area contributed by atoms with Gasteiger partial charge in [0.1, 0.15) is 11.6 Å². The molecule has 0 aliphatic heterocycles. The standard InChI is InChI=1S/C25H23ClFNO3S2/c1-25(2,18-11-20(27)15-23(13-18)31-3)17-10-19(26)14-22(12-17)28(33(4,29)30)21-5-6-24-16(9-21)7-8-32-24/h5-15H,1-4H3. The van der Waals surface area contributed by atoms with Gasteiger partial charge in [-0.3, -0.25) is 0 Å². The lowest BCUT2D eigenvalue weighted by molar-refractivity contribution is 0.409. The van der Waals surface area contributed by atoms with Crippen molar-refractivity contribution in [3.8, 4) is 5.75 Å². The minimum Gasteiger partial charge on any atom is -0.497 e. The van der Waals surface area contributed by atoms with Gasteiger partial charge in [0.2, 0.25) is 10.0 Å². The second-order valence-electron chi connectivity index (χ2n) is 8.37. The van der Waals surface area contributed by atoms with Gasteiger partial charge in [-0.15, -0.1) is 11.3 Å². The van der Waals surface area contributed by atoms with E-state index in [1.807, 2.05) is 37.4 Å². The van der Waals surface area contributed by atoms with Gasteiger partial charge in [-0.05, 0) is 76.5 Å². The van der Waals surface area contributed by atoms with Gasteiger partial charge in [-0.2, -0.15) is 0 Å². The first-order valence-electron chi connectivity index (χ1n) is 10.1. The van der Waals surface area contributed by atoms with E-state index in [1.54, 1.807) is 41.7 Å². The fourth-order valence-electron chi connectivity index (χ4n) is 3.87. The van der Waals surface area contributed by atoms with Crippen molar-refractivity contribution in [1.82, 2.24) is 0 Å². The van der Waals surface area contributed by atoms with Crippen molar-refractivity contribution in [1.29, 1.82) is 0 Å². The lowest BCUT2D eigenvalue weighted by Crippen LogP contribution is -2.26. The van der Waals surface area contributed by atoms with Crippen molar-refractivity contribution >= 4 is 54.4 Å². The fraction of sp³-hybridized carbons (Fsp3) is 0.200. The van der Waals surface area contributed by atoms with Gasteiger partial charge in [0.05, 0.1) is 24.7 Å². The highest BCUT2D eigenvalue weighted by Gasteiger charge is 2.28. The SMILES string of the molecule is COc1cc(F)cc(C(C)(C)c2cc(Cl)cc(N(c3ccc4sccc4c3)S(C)(=O)=O)c2)c1. The molecule has 0 saturated carbocycles. The molecule has 0 aliphatic carbocycles. The first-order chi connectivity index (χ1) is 15.5. The Bertz CT molecular complexity index is 1450. The van der Waals surface area contributed by atoms with E-state index < -0.39 is 21.3 Å². The van der Waals surface area contributed by atoms with Crippen molar-refractivity contribution < 1.29 is 17.5 Å². The van der Waals surface area contributed by atoms with Gasteiger partial charge in [0, 0.05) is 21.2 Å². The van der Waals surface area contributed by atoms with Crippen LogP contribution in [0.2, 0.25) is 5.02 Å². The molecular weight excluding hydrogens is 481 g/mol. The molecule has 1 heterocycles. The molecule has 0 radical (unpaired) electrons. The topological polar surface area (TPSA) is 46.6 Å². The predicted molar refractivity (Wildman–Crippen MR) is 135 cm³/mol. The maximum Gasteiger partial charge on any atom is 0.236 e. The summed E-state index contributed by atoms with van der Waals surface area (Å²) in [5.74, 6) is -0.0105. The summed E-state index contributed by atoms with van der Waals surface area (Å²) < 4.78 is 47.6. The first kappa shape index (κ1) is 23.5. The molecule has 33 heavy (non-hydrogen) atoms. The van der Waals surface area contributed by atoms with E-state index in [4.69, 9.17) is 16.3 Å². The summed E-state index contributed by atoms with van der Waals surface area (Å²) in [4.78, 5) is 0. The van der Waals surface area contributed by atoms with Crippen molar-refractivity contribution in [3.05, 3.63) is 88.0 Å². The molecule has 4 rings (SSSR count). The van der Waals surface area contributed by atoms with E-state index >= 15 is 0 Å². The molecule has 0 bridgehead atoms. The van der Waals surface area contributed by atoms with Crippen molar-refractivity contribution in [3.63, 3.8) is 0 Å². The summed E-state index contributed by atoms with van der Waals surface area (Å²) in [5, 5.41) is 3.30. The molecule has 0 atom stereocenters. The van der Waals surface area contributed by atoms with E-state index in [1.165, 1.54) is 23.5 Å². The van der Waals surface area contributed by atoms with Crippen molar-refractivity contribution in [2.45, 2.75) is 19.3 Å². The van der Waals surface area contributed by atoms with Crippen LogP contribution in [-0.2, 0) is 15.4 Å². The molecule has 0 saturated heterocycles. The zero-order chi connectivity index (χ0) is 24.0. The number of thiophene rings is 1. The second-order valence-corrected chi connectivity index (χ2v) is 11.6. The smallest absolute Gasteiger partial charge is 0.236 e. The minimum atomic E-state index is -3.69. The highest BCUT2D eigenvalue weighted by atomic mass is 35.5. The van der Waals surface area contributed by atoms with E-state index in [9.17, 15) is 12.8 Å². The normalized spacial score (nSPS) is 12.2. The Morgan fingerprint density at radius 2 is 1.70 bits per heavy atom. The van der Waals surface area contributed by atoms with E-state index in [-0.39, 0.29) is 0 Å². The number of fused-ring (bicyclic) bond motifs is 1. The zero-order valence-corrected chi connectivity index (χ0v) is 21.0. The average molecular weight is 504 g/mol. The maximum absolute atomic E-state index is 14.2. The van der Waals surface area contributed by atoms with Crippen LogP contribution >= 0.6 is 22.9 Å². The molecule has 0 amide bonds. The third-order valence-corrected chi connectivity index (χ3v) is 7.87. The summed E-state index contributed by atoms with van der Waals surface area (Å²) in [5.41, 5.74) is 1.66. The van der Waals surface area contributed by atoms with Crippen LogP contribution in [0.5, 0.6) is 5.75 Å². The van der Waals surface area contributed by atoms with E-state index in [0.717, 1.165) is 21.9 Å². The number of hydrogen-bond acceptors (Lipinski definition) is 4. The van der Waals surface area contributed by atoms with Crippen LogP contribution in [0.3, 0.4) is 0 Å². The van der Waals surface area contributed by atoms with Crippen LogP contribution in [-0.4, -0.2) is 21.8 Å².